The van der Waals surface area contributed by atoms with Crippen molar-refractivity contribution in [2.24, 2.45) is 0 Å². The van der Waals surface area contributed by atoms with Gasteiger partial charge in [0.2, 0.25) is 5.95 Å². The minimum absolute atomic E-state index is 0.114. The minimum atomic E-state index is -0.114. The van der Waals surface area contributed by atoms with Gasteiger partial charge in [-0.15, -0.1) is 0 Å². The number of hydrogen-bond acceptors (Lipinski definition) is 3. The maximum Gasteiger partial charge on any atom is 0.328 e. The van der Waals surface area contributed by atoms with Gasteiger partial charge in [0, 0.05) is 31.2 Å². The van der Waals surface area contributed by atoms with Crippen molar-refractivity contribution < 1.29 is 4.79 Å². The van der Waals surface area contributed by atoms with Crippen molar-refractivity contribution in [3.05, 3.63) is 42.2 Å². The third-order valence-corrected chi connectivity index (χ3v) is 4.19. The van der Waals surface area contributed by atoms with Crippen molar-refractivity contribution in [2.75, 3.05) is 28.8 Å². The second kappa shape index (κ2) is 6.22. The molecule has 1 N–H and O–H groups in total. The van der Waals surface area contributed by atoms with Crippen molar-refractivity contribution in [3.8, 4) is 0 Å². The lowest BCUT2D eigenvalue weighted by Crippen LogP contribution is -2.34. The number of hydrogen-bond donors (Lipinski definition) is 1. The molecule has 0 aliphatic carbocycles. The van der Waals surface area contributed by atoms with Crippen molar-refractivity contribution in [1.29, 1.82) is 0 Å². The summed E-state index contributed by atoms with van der Waals surface area (Å²) in [5.74, 6) is 1.76. The Hall–Kier alpha value is -1.95. The predicted octanol–water partition coefficient (Wildman–Crippen LogP) is 2.84. The summed E-state index contributed by atoms with van der Waals surface area (Å²) in [5, 5.41) is 3.02. The molecule has 5 nitrogen and oxygen atoms in total. The first-order valence-corrected chi connectivity index (χ1v) is 8.35. The number of thioether (sulfide) groups is 1. The van der Waals surface area contributed by atoms with Gasteiger partial charge < -0.3 is 9.88 Å². The van der Waals surface area contributed by atoms with Gasteiger partial charge in [-0.1, -0.05) is 18.2 Å². The molecule has 1 aromatic carbocycles. The third kappa shape index (κ3) is 2.90. The molecular formula is C15H18N4OS. The van der Waals surface area contributed by atoms with Crippen LogP contribution in [0.4, 0.5) is 16.4 Å². The third-order valence-electron chi connectivity index (χ3n) is 3.58. The molecule has 0 saturated carbocycles. The Morgan fingerprint density at radius 1 is 1.38 bits per heavy atom. The zero-order valence-corrected chi connectivity index (χ0v) is 12.8. The first kappa shape index (κ1) is 14.0. The van der Waals surface area contributed by atoms with E-state index >= 15 is 0 Å². The van der Waals surface area contributed by atoms with Gasteiger partial charge in [-0.25, -0.2) is 9.78 Å². The molecule has 0 saturated heterocycles. The van der Waals surface area contributed by atoms with E-state index in [-0.39, 0.29) is 6.03 Å². The number of aromatic nitrogens is 2. The van der Waals surface area contributed by atoms with E-state index in [1.54, 1.807) is 22.9 Å². The summed E-state index contributed by atoms with van der Waals surface area (Å²) in [6, 6.07) is 7.86. The van der Waals surface area contributed by atoms with Crippen LogP contribution in [-0.2, 0) is 13.0 Å². The molecule has 21 heavy (non-hydrogen) atoms. The first-order chi connectivity index (χ1) is 10.3. The summed E-state index contributed by atoms with van der Waals surface area (Å²) in [7, 11) is 0. The number of amides is 2. The van der Waals surface area contributed by atoms with Gasteiger partial charge in [-0.2, -0.15) is 11.8 Å². The molecule has 0 fully saturated rings. The molecule has 0 spiro atoms. The Bertz CT molecular complexity index is 640. The van der Waals surface area contributed by atoms with Crippen molar-refractivity contribution >= 4 is 29.4 Å². The highest BCUT2D eigenvalue weighted by molar-refractivity contribution is 7.98. The number of aryl methyl sites for hydroxylation is 1. The minimum Gasteiger partial charge on any atom is -0.315 e. The molecule has 0 bridgehead atoms. The quantitative estimate of drug-likeness (QED) is 0.945. The molecular weight excluding hydrogens is 284 g/mol. The Kier molecular flexibility index (Phi) is 4.15. The molecule has 0 radical (unpaired) electrons. The number of carbonyl (C=O) groups excluding carboxylic acids is 1. The molecule has 1 aromatic heterocycles. The van der Waals surface area contributed by atoms with Gasteiger partial charge in [0.25, 0.3) is 0 Å². The molecule has 110 valence electrons. The number of nitrogens with one attached hydrogen (secondary N) is 1. The monoisotopic (exact) mass is 302 g/mol. The van der Waals surface area contributed by atoms with Crippen LogP contribution in [-0.4, -0.2) is 34.1 Å². The fourth-order valence-electron chi connectivity index (χ4n) is 2.48. The van der Waals surface area contributed by atoms with Crippen LogP contribution >= 0.6 is 11.8 Å². The number of rotatable bonds is 4. The lowest BCUT2D eigenvalue weighted by atomic mass is 10.1. The van der Waals surface area contributed by atoms with Gasteiger partial charge >= 0.3 is 6.03 Å². The maximum absolute atomic E-state index is 12.5. The average Bonchev–Trinajstić information content (AvgIpc) is 3.09. The fourth-order valence-corrected chi connectivity index (χ4v) is 2.90. The SMILES string of the molecule is CSCCc1ccccc1NC(=O)N1CCn2ccnc21. The normalized spacial score (nSPS) is 13.3. The molecule has 2 amide bonds. The topological polar surface area (TPSA) is 50.2 Å². The number of fused-ring (bicyclic) bond motifs is 1. The van der Waals surface area contributed by atoms with Gasteiger partial charge in [0.1, 0.15) is 0 Å². The first-order valence-electron chi connectivity index (χ1n) is 6.96. The highest BCUT2D eigenvalue weighted by Crippen LogP contribution is 2.22. The fraction of sp³-hybridized carbons (Fsp3) is 0.333. The number of carbonyl (C=O) groups is 1. The van der Waals surface area contributed by atoms with Gasteiger partial charge in [0.05, 0.1) is 0 Å². The Balaban J connectivity index is 1.74. The molecule has 1 aliphatic rings. The summed E-state index contributed by atoms with van der Waals surface area (Å²) < 4.78 is 1.99. The highest BCUT2D eigenvalue weighted by atomic mass is 32.2. The van der Waals surface area contributed by atoms with Crippen LogP contribution in [0.5, 0.6) is 0 Å². The predicted molar refractivity (Wildman–Crippen MR) is 87.1 cm³/mol. The van der Waals surface area contributed by atoms with E-state index in [4.69, 9.17) is 0 Å². The van der Waals surface area contributed by atoms with E-state index in [9.17, 15) is 4.79 Å². The van der Waals surface area contributed by atoms with Crippen LogP contribution in [0, 0.1) is 0 Å². The summed E-state index contributed by atoms with van der Waals surface area (Å²) in [6.07, 6.45) is 6.66. The number of imidazole rings is 1. The van der Waals surface area contributed by atoms with Crippen LogP contribution in [0.15, 0.2) is 36.7 Å². The Morgan fingerprint density at radius 3 is 3.10 bits per heavy atom. The summed E-state index contributed by atoms with van der Waals surface area (Å²) in [4.78, 5) is 18.4. The number of para-hydroxylation sites is 1. The van der Waals surface area contributed by atoms with Crippen molar-refractivity contribution in [3.63, 3.8) is 0 Å². The van der Waals surface area contributed by atoms with E-state index in [1.807, 2.05) is 29.0 Å². The van der Waals surface area contributed by atoms with E-state index < -0.39 is 0 Å². The lowest BCUT2D eigenvalue weighted by Gasteiger charge is -2.17. The Labute approximate surface area is 128 Å². The summed E-state index contributed by atoms with van der Waals surface area (Å²) in [5.41, 5.74) is 2.06. The van der Waals surface area contributed by atoms with E-state index in [1.165, 1.54) is 5.56 Å². The molecule has 2 heterocycles. The van der Waals surface area contributed by atoms with Gasteiger partial charge in [0.15, 0.2) is 0 Å². The van der Waals surface area contributed by atoms with Crippen molar-refractivity contribution in [2.45, 2.75) is 13.0 Å². The maximum atomic E-state index is 12.5. The van der Waals surface area contributed by atoms with Crippen LogP contribution < -0.4 is 10.2 Å². The number of benzene rings is 1. The highest BCUT2D eigenvalue weighted by Gasteiger charge is 2.25. The second-order valence-corrected chi connectivity index (χ2v) is 5.89. The Morgan fingerprint density at radius 2 is 2.24 bits per heavy atom. The molecule has 3 rings (SSSR count). The molecule has 0 atom stereocenters. The summed E-state index contributed by atoms with van der Waals surface area (Å²) >= 11 is 1.80. The standard InChI is InChI=1S/C15H18N4OS/c1-21-11-6-12-4-2-3-5-13(12)17-15(20)19-10-9-18-8-7-16-14(18)19/h2-5,7-8H,6,9-11H2,1H3,(H,17,20). The summed E-state index contributed by atoms with van der Waals surface area (Å²) in [6.45, 7) is 1.47. The molecule has 6 heteroatoms. The van der Waals surface area contributed by atoms with Gasteiger partial charge in [-0.3, -0.25) is 4.90 Å². The van der Waals surface area contributed by atoms with E-state index in [2.05, 4.69) is 22.6 Å². The largest absolute Gasteiger partial charge is 0.328 e. The number of anilines is 2. The van der Waals surface area contributed by atoms with E-state index in [0.29, 0.717) is 12.5 Å². The molecule has 1 aliphatic heterocycles. The second-order valence-electron chi connectivity index (χ2n) is 4.90. The number of urea groups is 1. The molecule has 2 aromatic rings. The smallest absolute Gasteiger partial charge is 0.315 e. The van der Waals surface area contributed by atoms with Crippen LogP contribution in [0.3, 0.4) is 0 Å². The average molecular weight is 302 g/mol. The lowest BCUT2D eigenvalue weighted by molar-refractivity contribution is 0.257. The van der Waals surface area contributed by atoms with Gasteiger partial charge in [-0.05, 0) is 30.1 Å². The van der Waals surface area contributed by atoms with Crippen LogP contribution in [0.25, 0.3) is 0 Å². The zero-order valence-electron chi connectivity index (χ0n) is 12.0. The van der Waals surface area contributed by atoms with Crippen LogP contribution in [0.1, 0.15) is 5.56 Å². The van der Waals surface area contributed by atoms with E-state index in [0.717, 1.165) is 24.4 Å². The number of nitrogens with zero attached hydrogens (tertiary/aromatic N) is 3. The zero-order chi connectivity index (χ0) is 14.7. The van der Waals surface area contributed by atoms with Crippen molar-refractivity contribution in [1.82, 2.24) is 9.55 Å². The molecule has 0 unspecified atom stereocenters. The van der Waals surface area contributed by atoms with Crippen LogP contribution in [0.2, 0.25) is 0 Å².